The molecule has 1 rings (SSSR count). The van der Waals surface area contributed by atoms with E-state index in [9.17, 15) is 10.2 Å². The van der Waals surface area contributed by atoms with Gasteiger partial charge < -0.3 is 15.2 Å². The standard InChI is InChI=1S/C10H14ClN3O2/c1-2-3-4-7-13-8(10(11)14-7)9(16)6(15)5-12/h6,9,15-16H,2-4H2,1H3,(H,13,14). The fourth-order valence-corrected chi connectivity index (χ4v) is 1.56. The van der Waals surface area contributed by atoms with E-state index in [1.807, 2.05) is 0 Å². The molecule has 0 saturated heterocycles. The van der Waals surface area contributed by atoms with Crippen LogP contribution in [0.1, 0.15) is 37.4 Å². The van der Waals surface area contributed by atoms with Gasteiger partial charge in [0.15, 0.2) is 11.3 Å². The summed E-state index contributed by atoms with van der Waals surface area (Å²) in [6.07, 6.45) is -0.139. The van der Waals surface area contributed by atoms with E-state index in [1.165, 1.54) is 0 Å². The normalized spacial score (nSPS) is 14.4. The second-order valence-corrected chi connectivity index (χ2v) is 3.87. The molecule has 6 heteroatoms. The minimum atomic E-state index is -1.50. The second kappa shape index (κ2) is 5.85. The first-order valence-corrected chi connectivity index (χ1v) is 5.48. The van der Waals surface area contributed by atoms with Gasteiger partial charge in [-0.05, 0) is 6.42 Å². The Kier molecular flexibility index (Phi) is 4.74. The summed E-state index contributed by atoms with van der Waals surface area (Å²) in [5.41, 5.74) is 0.196. The highest BCUT2D eigenvalue weighted by Crippen LogP contribution is 2.23. The van der Waals surface area contributed by atoms with Crippen molar-refractivity contribution in [3.63, 3.8) is 0 Å². The Morgan fingerprint density at radius 3 is 2.81 bits per heavy atom. The lowest BCUT2D eigenvalue weighted by molar-refractivity contribution is 0.0501. The quantitative estimate of drug-likeness (QED) is 0.680. The molecule has 0 aliphatic carbocycles. The third-order valence-electron chi connectivity index (χ3n) is 2.23. The van der Waals surface area contributed by atoms with E-state index < -0.39 is 12.2 Å². The summed E-state index contributed by atoms with van der Waals surface area (Å²) in [5.74, 6) is 0.658. The average molecular weight is 244 g/mol. The molecule has 0 fully saturated rings. The number of unbranched alkanes of at least 4 members (excludes halogenated alkanes) is 1. The molecule has 0 saturated carbocycles. The number of aryl methyl sites for hydroxylation is 1. The number of rotatable bonds is 5. The molecule has 1 aromatic heterocycles. The van der Waals surface area contributed by atoms with E-state index in [-0.39, 0.29) is 10.8 Å². The predicted octanol–water partition coefficient (Wildman–Crippen LogP) is 1.32. The number of hydrogen-bond acceptors (Lipinski definition) is 4. The molecule has 0 spiro atoms. The number of imidazole rings is 1. The molecule has 5 nitrogen and oxygen atoms in total. The number of aliphatic hydroxyl groups is 2. The lowest BCUT2D eigenvalue weighted by Gasteiger charge is -2.09. The molecule has 2 atom stereocenters. The van der Waals surface area contributed by atoms with Crippen molar-refractivity contribution in [3.8, 4) is 6.07 Å². The lowest BCUT2D eigenvalue weighted by Crippen LogP contribution is -2.16. The summed E-state index contributed by atoms with van der Waals surface area (Å²) in [4.78, 5) is 6.84. The van der Waals surface area contributed by atoms with Gasteiger partial charge >= 0.3 is 0 Å². The summed E-state index contributed by atoms with van der Waals surface area (Å²) >= 11 is 5.80. The van der Waals surface area contributed by atoms with Crippen LogP contribution in [0.5, 0.6) is 0 Å². The van der Waals surface area contributed by atoms with Gasteiger partial charge in [0.1, 0.15) is 11.9 Å². The van der Waals surface area contributed by atoms with Crippen LogP contribution in [0.4, 0.5) is 0 Å². The first-order valence-electron chi connectivity index (χ1n) is 5.10. The Hall–Kier alpha value is -1.09. The zero-order valence-electron chi connectivity index (χ0n) is 8.94. The van der Waals surface area contributed by atoms with Crippen LogP contribution >= 0.6 is 11.6 Å². The van der Waals surface area contributed by atoms with Gasteiger partial charge in [0, 0.05) is 6.42 Å². The highest BCUT2D eigenvalue weighted by Gasteiger charge is 2.23. The Balaban J connectivity index is 2.81. The highest BCUT2D eigenvalue weighted by molar-refractivity contribution is 6.30. The van der Waals surface area contributed by atoms with Gasteiger partial charge in [-0.3, -0.25) is 0 Å². The molecular formula is C10H14ClN3O2. The second-order valence-electron chi connectivity index (χ2n) is 3.51. The zero-order chi connectivity index (χ0) is 12.1. The van der Waals surface area contributed by atoms with Crippen molar-refractivity contribution in [2.24, 2.45) is 0 Å². The van der Waals surface area contributed by atoms with Crippen molar-refractivity contribution in [1.82, 2.24) is 9.97 Å². The van der Waals surface area contributed by atoms with Gasteiger partial charge in [-0.2, -0.15) is 5.26 Å². The fourth-order valence-electron chi connectivity index (χ4n) is 1.30. The van der Waals surface area contributed by atoms with Crippen LogP contribution in [0.15, 0.2) is 0 Å². The van der Waals surface area contributed by atoms with Gasteiger partial charge in [-0.25, -0.2) is 4.98 Å². The SMILES string of the molecule is CCCCc1nc(Cl)c(C(O)C(O)C#N)[nH]1. The number of nitrogens with one attached hydrogen (secondary N) is 1. The van der Waals surface area contributed by atoms with E-state index in [0.717, 1.165) is 19.3 Å². The molecule has 0 amide bonds. The highest BCUT2D eigenvalue weighted by atomic mass is 35.5. The Labute approximate surface area is 98.7 Å². The summed E-state index contributed by atoms with van der Waals surface area (Å²) in [6, 6.07) is 1.54. The number of halogens is 1. The molecule has 1 heterocycles. The molecule has 0 aliphatic heterocycles. The average Bonchev–Trinajstić information content (AvgIpc) is 2.65. The zero-order valence-corrected chi connectivity index (χ0v) is 9.70. The van der Waals surface area contributed by atoms with Crippen molar-refractivity contribution in [1.29, 1.82) is 5.26 Å². The maximum atomic E-state index is 9.58. The molecule has 3 N–H and O–H groups in total. The van der Waals surface area contributed by atoms with Crippen molar-refractivity contribution >= 4 is 11.6 Å². The minimum absolute atomic E-state index is 0.105. The number of aromatic amines is 1. The van der Waals surface area contributed by atoms with Gasteiger partial charge in [-0.15, -0.1) is 0 Å². The maximum Gasteiger partial charge on any atom is 0.172 e. The van der Waals surface area contributed by atoms with E-state index in [2.05, 4.69) is 16.9 Å². The van der Waals surface area contributed by atoms with E-state index in [4.69, 9.17) is 16.9 Å². The molecule has 0 aliphatic rings. The van der Waals surface area contributed by atoms with Gasteiger partial charge in [0.25, 0.3) is 0 Å². The van der Waals surface area contributed by atoms with E-state index in [0.29, 0.717) is 5.82 Å². The Morgan fingerprint density at radius 2 is 2.25 bits per heavy atom. The van der Waals surface area contributed by atoms with Gasteiger partial charge in [-0.1, -0.05) is 24.9 Å². The van der Waals surface area contributed by atoms with Crippen LogP contribution in [0.2, 0.25) is 5.15 Å². The molecule has 1 aromatic rings. The van der Waals surface area contributed by atoms with Crippen molar-refractivity contribution in [3.05, 3.63) is 16.7 Å². The van der Waals surface area contributed by atoms with Crippen molar-refractivity contribution in [2.45, 2.75) is 38.4 Å². The van der Waals surface area contributed by atoms with Crippen LogP contribution in [-0.2, 0) is 6.42 Å². The lowest BCUT2D eigenvalue weighted by atomic mass is 10.2. The maximum absolute atomic E-state index is 9.58. The summed E-state index contributed by atoms with van der Waals surface area (Å²) in [7, 11) is 0. The van der Waals surface area contributed by atoms with Crippen molar-refractivity contribution in [2.75, 3.05) is 0 Å². The summed E-state index contributed by atoms with van der Waals surface area (Å²) < 4.78 is 0. The number of aliphatic hydroxyl groups excluding tert-OH is 2. The largest absolute Gasteiger partial charge is 0.383 e. The van der Waals surface area contributed by atoms with Crippen LogP contribution in [0, 0.1) is 11.3 Å². The minimum Gasteiger partial charge on any atom is -0.383 e. The third-order valence-corrected chi connectivity index (χ3v) is 2.52. The van der Waals surface area contributed by atoms with Crippen LogP contribution < -0.4 is 0 Å². The molecule has 0 aromatic carbocycles. The topological polar surface area (TPSA) is 92.9 Å². The molecule has 2 unspecified atom stereocenters. The molecule has 0 radical (unpaired) electrons. The van der Waals surface area contributed by atoms with Gasteiger partial charge in [0.2, 0.25) is 0 Å². The Morgan fingerprint density at radius 1 is 1.56 bits per heavy atom. The monoisotopic (exact) mass is 243 g/mol. The smallest absolute Gasteiger partial charge is 0.172 e. The fraction of sp³-hybridized carbons (Fsp3) is 0.600. The molecule has 0 bridgehead atoms. The first kappa shape index (κ1) is 13.0. The van der Waals surface area contributed by atoms with Crippen LogP contribution in [-0.4, -0.2) is 26.3 Å². The number of nitriles is 1. The Bertz CT molecular complexity index is 386. The first-order chi connectivity index (χ1) is 7.60. The molecule has 88 valence electrons. The van der Waals surface area contributed by atoms with Gasteiger partial charge in [0.05, 0.1) is 11.8 Å². The molecular weight excluding hydrogens is 230 g/mol. The van der Waals surface area contributed by atoms with Crippen LogP contribution in [0.25, 0.3) is 0 Å². The molecule has 16 heavy (non-hydrogen) atoms. The third kappa shape index (κ3) is 2.95. The number of H-pyrrole nitrogens is 1. The van der Waals surface area contributed by atoms with Crippen molar-refractivity contribution < 1.29 is 10.2 Å². The number of hydrogen-bond donors (Lipinski definition) is 3. The van der Waals surface area contributed by atoms with E-state index >= 15 is 0 Å². The summed E-state index contributed by atoms with van der Waals surface area (Å²) in [6.45, 7) is 2.06. The van der Waals surface area contributed by atoms with Crippen LogP contribution in [0.3, 0.4) is 0 Å². The number of aromatic nitrogens is 2. The summed E-state index contributed by atoms with van der Waals surface area (Å²) in [5, 5.41) is 27.3. The predicted molar refractivity (Wildman–Crippen MR) is 58.8 cm³/mol. The number of nitrogens with zero attached hydrogens (tertiary/aromatic N) is 2. The van der Waals surface area contributed by atoms with E-state index in [1.54, 1.807) is 6.07 Å².